The summed E-state index contributed by atoms with van der Waals surface area (Å²) in [5.41, 5.74) is -0.690. The smallest absolute Gasteiger partial charge is 0.324 e. The van der Waals surface area contributed by atoms with Crippen LogP contribution in [0.25, 0.3) is 0 Å². The first kappa shape index (κ1) is 15.1. The minimum absolute atomic E-state index is 0.212. The third-order valence-electron chi connectivity index (χ3n) is 4.18. The summed E-state index contributed by atoms with van der Waals surface area (Å²) in [5, 5.41) is 13.6. The highest BCUT2D eigenvalue weighted by atomic mass is 32.2. The Kier molecular flexibility index (Phi) is 5.15. The van der Waals surface area contributed by atoms with Gasteiger partial charge >= 0.3 is 5.97 Å². The molecule has 4 nitrogen and oxygen atoms in total. The summed E-state index contributed by atoms with van der Waals surface area (Å²) in [6, 6.07) is 0.212. The van der Waals surface area contributed by atoms with Gasteiger partial charge in [0.05, 0.1) is 18.5 Å². The van der Waals surface area contributed by atoms with E-state index in [1.165, 1.54) is 0 Å². The van der Waals surface area contributed by atoms with Crippen LogP contribution in [0, 0.1) is 5.92 Å². The number of ether oxygens (including phenoxy) is 1. The maximum Gasteiger partial charge on any atom is 0.324 e. The van der Waals surface area contributed by atoms with Gasteiger partial charge in [-0.1, -0.05) is 6.42 Å². The molecular formula is C14H25NO3S. The Morgan fingerprint density at radius 2 is 2.26 bits per heavy atom. The fraction of sp³-hybridized carbons (Fsp3) is 0.929. The van der Waals surface area contributed by atoms with E-state index in [4.69, 9.17) is 4.74 Å². The molecule has 0 radical (unpaired) electrons. The Balaban J connectivity index is 1.89. The second-order valence-electron chi connectivity index (χ2n) is 5.98. The van der Waals surface area contributed by atoms with Gasteiger partial charge in [0.1, 0.15) is 5.54 Å². The van der Waals surface area contributed by atoms with Crippen molar-refractivity contribution in [1.82, 2.24) is 5.32 Å². The lowest BCUT2D eigenvalue weighted by Gasteiger charge is -2.35. The lowest BCUT2D eigenvalue weighted by molar-refractivity contribution is -0.147. The van der Waals surface area contributed by atoms with E-state index in [9.17, 15) is 9.90 Å². The van der Waals surface area contributed by atoms with Crippen molar-refractivity contribution in [1.29, 1.82) is 0 Å². The molecule has 2 unspecified atom stereocenters. The van der Waals surface area contributed by atoms with Gasteiger partial charge in [-0.05, 0) is 44.8 Å². The number of carboxylic acid groups (broad SMARTS) is 1. The molecule has 19 heavy (non-hydrogen) atoms. The third-order valence-corrected chi connectivity index (χ3v) is 5.39. The van der Waals surface area contributed by atoms with Gasteiger partial charge in [0, 0.05) is 6.04 Å². The standard InChI is InChI=1S/C14H25NO3S/c1-10(2)15-14(13(16)17)6-3-4-11(14)5-7-19-12-8-18-9-12/h10-12,15H,3-9H2,1-2H3,(H,16,17). The van der Waals surface area contributed by atoms with Crippen molar-refractivity contribution in [3.05, 3.63) is 0 Å². The van der Waals surface area contributed by atoms with Crippen molar-refractivity contribution in [2.45, 2.75) is 56.4 Å². The van der Waals surface area contributed by atoms with Crippen molar-refractivity contribution in [2.24, 2.45) is 5.92 Å². The molecule has 5 heteroatoms. The Labute approximate surface area is 119 Å². The second-order valence-corrected chi connectivity index (χ2v) is 7.39. The van der Waals surface area contributed by atoms with Crippen LogP contribution in [0.1, 0.15) is 39.5 Å². The van der Waals surface area contributed by atoms with Crippen LogP contribution in [-0.4, -0.2) is 46.9 Å². The molecule has 0 aromatic carbocycles. The van der Waals surface area contributed by atoms with Crippen molar-refractivity contribution < 1.29 is 14.6 Å². The molecule has 0 aromatic rings. The normalized spacial score (nSPS) is 31.6. The molecule has 0 aromatic heterocycles. The molecular weight excluding hydrogens is 262 g/mol. The van der Waals surface area contributed by atoms with Gasteiger partial charge in [-0.3, -0.25) is 10.1 Å². The number of rotatable bonds is 7. The van der Waals surface area contributed by atoms with Crippen LogP contribution in [0.4, 0.5) is 0 Å². The molecule has 1 aliphatic carbocycles. The first-order valence-corrected chi connectivity index (χ1v) is 8.30. The number of nitrogens with one attached hydrogen (secondary N) is 1. The molecule has 1 saturated heterocycles. The zero-order valence-corrected chi connectivity index (χ0v) is 12.7. The van der Waals surface area contributed by atoms with Crippen molar-refractivity contribution in [2.75, 3.05) is 19.0 Å². The van der Waals surface area contributed by atoms with Crippen LogP contribution in [0.5, 0.6) is 0 Å². The number of hydrogen-bond acceptors (Lipinski definition) is 4. The van der Waals surface area contributed by atoms with Crippen LogP contribution in [0.3, 0.4) is 0 Å². The average Bonchev–Trinajstić information content (AvgIpc) is 2.65. The van der Waals surface area contributed by atoms with E-state index in [1.54, 1.807) is 0 Å². The number of aliphatic carboxylic acids is 1. The summed E-state index contributed by atoms with van der Waals surface area (Å²) in [6.07, 6.45) is 3.82. The van der Waals surface area contributed by atoms with E-state index in [0.29, 0.717) is 5.25 Å². The topological polar surface area (TPSA) is 58.6 Å². The highest BCUT2D eigenvalue weighted by molar-refractivity contribution is 8.00. The van der Waals surface area contributed by atoms with Crippen LogP contribution in [0.15, 0.2) is 0 Å². The van der Waals surface area contributed by atoms with E-state index in [1.807, 2.05) is 25.6 Å². The largest absolute Gasteiger partial charge is 0.480 e. The first-order valence-electron chi connectivity index (χ1n) is 7.25. The molecule has 1 heterocycles. The molecule has 2 atom stereocenters. The Morgan fingerprint density at radius 3 is 2.79 bits per heavy atom. The number of carboxylic acids is 1. The van der Waals surface area contributed by atoms with Gasteiger partial charge < -0.3 is 9.84 Å². The van der Waals surface area contributed by atoms with E-state index in [-0.39, 0.29) is 12.0 Å². The second kappa shape index (κ2) is 6.46. The van der Waals surface area contributed by atoms with Crippen LogP contribution in [-0.2, 0) is 9.53 Å². The van der Waals surface area contributed by atoms with Gasteiger partial charge in [-0.2, -0.15) is 11.8 Å². The highest BCUT2D eigenvalue weighted by Gasteiger charge is 2.48. The molecule has 0 spiro atoms. The van der Waals surface area contributed by atoms with Gasteiger partial charge in [0.2, 0.25) is 0 Å². The fourth-order valence-electron chi connectivity index (χ4n) is 3.20. The Hall–Kier alpha value is -0.260. The van der Waals surface area contributed by atoms with Crippen molar-refractivity contribution >= 4 is 17.7 Å². The lowest BCUT2D eigenvalue weighted by Crippen LogP contribution is -2.57. The highest BCUT2D eigenvalue weighted by Crippen LogP contribution is 2.39. The maximum absolute atomic E-state index is 11.7. The third kappa shape index (κ3) is 3.44. The minimum Gasteiger partial charge on any atom is -0.480 e. The van der Waals surface area contributed by atoms with Gasteiger partial charge in [-0.25, -0.2) is 0 Å². The molecule has 2 rings (SSSR count). The molecule has 2 aliphatic rings. The molecule has 0 amide bonds. The Bertz CT molecular complexity index is 320. The monoisotopic (exact) mass is 287 g/mol. The summed E-state index contributed by atoms with van der Waals surface area (Å²) in [4.78, 5) is 11.7. The fourth-order valence-corrected chi connectivity index (χ4v) is 4.34. The van der Waals surface area contributed by atoms with Gasteiger partial charge in [-0.15, -0.1) is 0 Å². The van der Waals surface area contributed by atoms with Crippen LogP contribution >= 0.6 is 11.8 Å². The predicted molar refractivity (Wildman–Crippen MR) is 77.7 cm³/mol. The minimum atomic E-state index is -0.690. The summed E-state index contributed by atoms with van der Waals surface area (Å²) >= 11 is 1.94. The SMILES string of the molecule is CC(C)NC1(C(=O)O)CCCC1CCSC1COC1. The zero-order chi connectivity index (χ0) is 13.9. The van der Waals surface area contributed by atoms with E-state index >= 15 is 0 Å². The molecule has 2 N–H and O–H groups in total. The molecule has 0 bridgehead atoms. The van der Waals surface area contributed by atoms with E-state index < -0.39 is 11.5 Å². The summed E-state index contributed by atoms with van der Waals surface area (Å²) in [5.74, 6) is 0.648. The van der Waals surface area contributed by atoms with Gasteiger partial charge in [0.15, 0.2) is 0 Å². The summed E-state index contributed by atoms with van der Waals surface area (Å²) in [7, 11) is 0. The quantitative estimate of drug-likeness (QED) is 0.751. The van der Waals surface area contributed by atoms with Crippen LogP contribution in [0.2, 0.25) is 0 Å². The lowest BCUT2D eigenvalue weighted by atomic mass is 9.84. The first-order chi connectivity index (χ1) is 9.04. The van der Waals surface area contributed by atoms with Crippen molar-refractivity contribution in [3.8, 4) is 0 Å². The Morgan fingerprint density at radius 1 is 1.53 bits per heavy atom. The van der Waals surface area contributed by atoms with E-state index in [0.717, 1.165) is 44.6 Å². The van der Waals surface area contributed by atoms with Gasteiger partial charge in [0.25, 0.3) is 0 Å². The average molecular weight is 287 g/mol. The summed E-state index contributed by atoms with van der Waals surface area (Å²) < 4.78 is 5.16. The molecule has 2 fully saturated rings. The molecule has 1 aliphatic heterocycles. The van der Waals surface area contributed by atoms with Crippen LogP contribution < -0.4 is 5.32 Å². The predicted octanol–water partition coefficient (Wildman–Crippen LogP) is 2.13. The zero-order valence-electron chi connectivity index (χ0n) is 11.9. The number of thioether (sulfide) groups is 1. The van der Waals surface area contributed by atoms with E-state index in [2.05, 4.69) is 5.32 Å². The molecule has 1 saturated carbocycles. The molecule has 110 valence electrons. The summed E-state index contributed by atoms with van der Waals surface area (Å²) in [6.45, 7) is 5.79. The maximum atomic E-state index is 11.7. The number of hydrogen-bond donors (Lipinski definition) is 2. The number of carbonyl (C=O) groups is 1. The van der Waals surface area contributed by atoms with Crippen molar-refractivity contribution in [3.63, 3.8) is 0 Å².